The van der Waals surface area contributed by atoms with Gasteiger partial charge >= 0.3 is 5.97 Å². The number of H-pyrrole nitrogens is 1. The van der Waals surface area contributed by atoms with E-state index in [0.29, 0.717) is 0 Å². The molecular formula is C6H7N3O4. The van der Waals surface area contributed by atoms with Gasteiger partial charge in [-0.25, -0.2) is 10.3 Å². The highest BCUT2D eigenvalue weighted by atomic mass is 16.7. The number of aromatic amines is 1. The minimum Gasteiger partial charge on any atom is -0.479 e. The van der Waals surface area contributed by atoms with Crippen LogP contribution in [0.1, 0.15) is 10.5 Å². The Labute approximate surface area is 72.7 Å². The summed E-state index contributed by atoms with van der Waals surface area (Å²) >= 11 is 0. The number of nitrogens with one attached hydrogen (secondary N) is 2. The maximum Gasteiger partial charge on any atom is 0.332 e. The average Bonchev–Trinajstić information content (AvgIpc) is 2.55. The summed E-state index contributed by atoms with van der Waals surface area (Å²) in [5.41, 5.74) is 2.12. The van der Waals surface area contributed by atoms with Crippen LogP contribution in [0.15, 0.2) is 12.3 Å². The molecular weight excluding hydrogens is 178 g/mol. The first-order valence-corrected chi connectivity index (χ1v) is 3.33. The fourth-order valence-electron chi connectivity index (χ4n) is 0.601. The smallest absolute Gasteiger partial charge is 0.332 e. The Hall–Kier alpha value is -1.89. The SMILES string of the molecule is O=C(O)CONC(=O)c1ccn[nH]1. The summed E-state index contributed by atoms with van der Waals surface area (Å²) < 4.78 is 0. The van der Waals surface area contributed by atoms with Crippen molar-refractivity contribution < 1.29 is 19.5 Å². The van der Waals surface area contributed by atoms with Gasteiger partial charge in [-0.1, -0.05) is 0 Å². The molecule has 0 radical (unpaired) electrons. The van der Waals surface area contributed by atoms with Gasteiger partial charge in [0.15, 0.2) is 6.61 Å². The molecule has 0 fully saturated rings. The number of hydroxylamine groups is 1. The number of carboxylic acid groups (broad SMARTS) is 1. The molecule has 0 saturated carbocycles. The van der Waals surface area contributed by atoms with E-state index in [1.165, 1.54) is 12.3 Å². The van der Waals surface area contributed by atoms with E-state index in [-0.39, 0.29) is 5.69 Å². The maximum absolute atomic E-state index is 11.0. The third kappa shape index (κ3) is 2.91. The molecule has 7 nitrogen and oxygen atoms in total. The number of nitrogens with zero attached hydrogens (tertiary/aromatic N) is 1. The monoisotopic (exact) mass is 185 g/mol. The van der Waals surface area contributed by atoms with Gasteiger partial charge in [-0.15, -0.1) is 0 Å². The molecule has 1 aromatic heterocycles. The van der Waals surface area contributed by atoms with Crippen molar-refractivity contribution in [3.8, 4) is 0 Å². The lowest BCUT2D eigenvalue weighted by molar-refractivity contribution is -0.144. The first kappa shape index (κ1) is 9.20. The van der Waals surface area contributed by atoms with Crippen molar-refractivity contribution >= 4 is 11.9 Å². The van der Waals surface area contributed by atoms with E-state index in [2.05, 4.69) is 15.0 Å². The molecule has 13 heavy (non-hydrogen) atoms. The third-order valence-electron chi connectivity index (χ3n) is 1.11. The molecule has 0 saturated heterocycles. The minimum atomic E-state index is -1.16. The molecule has 0 spiro atoms. The topological polar surface area (TPSA) is 104 Å². The molecule has 0 aliphatic carbocycles. The number of carbonyl (C=O) groups is 2. The Balaban J connectivity index is 2.31. The van der Waals surface area contributed by atoms with Crippen LogP contribution < -0.4 is 5.48 Å². The second-order valence-electron chi connectivity index (χ2n) is 2.08. The molecule has 0 aromatic carbocycles. The number of aromatic nitrogens is 2. The van der Waals surface area contributed by atoms with Crippen molar-refractivity contribution in [1.29, 1.82) is 0 Å². The van der Waals surface area contributed by atoms with E-state index in [0.717, 1.165) is 0 Å². The summed E-state index contributed by atoms with van der Waals surface area (Å²) in [5.74, 6) is -1.73. The van der Waals surface area contributed by atoms with Gasteiger partial charge in [0.1, 0.15) is 5.69 Å². The van der Waals surface area contributed by atoms with E-state index in [4.69, 9.17) is 5.11 Å². The van der Waals surface area contributed by atoms with Gasteiger partial charge in [0.2, 0.25) is 0 Å². The highest BCUT2D eigenvalue weighted by Gasteiger charge is 2.06. The highest BCUT2D eigenvalue weighted by Crippen LogP contribution is 1.89. The first-order valence-electron chi connectivity index (χ1n) is 3.33. The fourth-order valence-corrected chi connectivity index (χ4v) is 0.601. The van der Waals surface area contributed by atoms with Crippen LogP contribution in [0, 0.1) is 0 Å². The summed E-state index contributed by atoms with van der Waals surface area (Å²) in [6.45, 7) is -0.583. The summed E-state index contributed by atoms with van der Waals surface area (Å²) in [6, 6.07) is 1.43. The van der Waals surface area contributed by atoms with Crippen LogP contribution in [0.25, 0.3) is 0 Å². The zero-order chi connectivity index (χ0) is 9.68. The first-order chi connectivity index (χ1) is 6.20. The molecule has 1 rings (SSSR count). The predicted molar refractivity (Wildman–Crippen MR) is 39.6 cm³/mol. The average molecular weight is 185 g/mol. The maximum atomic E-state index is 11.0. The van der Waals surface area contributed by atoms with Gasteiger partial charge < -0.3 is 5.11 Å². The summed E-state index contributed by atoms with van der Waals surface area (Å²) in [4.78, 5) is 25.3. The molecule has 3 N–H and O–H groups in total. The summed E-state index contributed by atoms with van der Waals surface area (Å²) in [5, 5.41) is 14.1. The zero-order valence-electron chi connectivity index (χ0n) is 6.48. The second kappa shape index (κ2) is 4.21. The molecule has 0 atom stereocenters. The Morgan fingerprint density at radius 1 is 1.69 bits per heavy atom. The lowest BCUT2D eigenvalue weighted by Crippen LogP contribution is -2.26. The molecule has 0 bridgehead atoms. The van der Waals surface area contributed by atoms with Gasteiger partial charge in [0.25, 0.3) is 5.91 Å². The van der Waals surface area contributed by atoms with Crippen LogP contribution in [0.3, 0.4) is 0 Å². The van der Waals surface area contributed by atoms with Crippen molar-refractivity contribution in [1.82, 2.24) is 15.7 Å². The van der Waals surface area contributed by atoms with E-state index >= 15 is 0 Å². The molecule has 0 aliphatic heterocycles. The highest BCUT2D eigenvalue weighted by molar-refractivity contribution is 5.91. The minimum absolute atomic E-state index is 0.199. The lowest BCUT2D eigenvalue weighted by Gasteiger charge is -2.00. The van der Waals surface area contributed by atoms with E-state index < -0.39 is 18.5 Å². The predicted octanol–water partition coefficient (Wildman–Crippen LogP) is -0.844. The number of carboxylic acids is 1. The Kier molecular flexibility index (Phi) is 2.98. The van der Waals surface area contributed by atoms with Crippen LogP contribution in [0.4, 0.5) is 0 Å². The zero-order valence-corrected chi connectivity index (χ0v) is 6.48. The third-order valence-corrected chi connectivity index (χ3v) is 1.11. The molecule has 1 heterocycles. The van der Waals surface area contributed by atoms with Gasteiger partial charge in [-0.3, -0.25) is 14.7 Å². The van der Waals surface area contributed by atoms with Crippen molar-refractivity contribution in [3.63, 3.8) is 0 Å². The fraction of sp³-hybridized carbons (Fsp3) is 0.167. The molecule has 0 unspecified atom stereocenters. The van der Waals surface area contributed by atoms with E-state index in [9.17, 15) is 9.59 Å². The Bertz CT molecular complexity index is 295. The van der Waals surface area contributed by atoms with Gasteiger partial charge in [0, 0.05) is 6.20 Å². The van der Waals surface area contributed by atoms with Crippen molar-refractivity contribution in [2.24, 2.45) is 0 Å². The number of rotatable bonds is 4. The molecule has 7 heteroatoms. The van der Waals surface area contributed by atoms with Crippen LogP contribution in [0.5, 0.6) is 0 Å². The van der Waals surface area contributed by atoms with Gasteiger partial charge in [0.05, 0.1) is 0 Å². The second-order valence-corrected chi connectivity index (χ2v) is 2.08. The van der Waals surface area contributed by atoms with Crippen LogP contribution in [-0.2, 0) is 9.63 Å². The molecule has 1 aromatic rings. The van der Waals surface area contributed by atoms with Crippen LogP contribution >= 0.6 is 0 Å². The number of hydrogen-bond donors (Lipinski definition) is 3. The number of carbonyl (C=O) groups excluding carboxylic acids is 1. The summed E-state index contributed by atoms with van der Waals surface area (Å²) in [6.07, 6.45) is 1.39. The molecule has 0 aliphatic rings. The van der Waals surface area contributed by atoms with Crippen molar-refractivity contribution in [3.05, 3.63) is 18.0 Å². The number of hydrogen-bond acceptors (Lipinski definition) is 4. The van der Waals surface area contributed by atoms with Crippen LogP contribution in [-0.4, -0.2) is 33.8 Å². The van der Waals surface area contributed by atoms with Crippen LogP contribution in [0.2, 0.25) is 0 Å². The standard InChI is InChI=1S/C6H7N3O4/c10-5(11)3-13-9-6(12)4-1-2-7-8-4/h1-2H,3H2,(H,7,8)(H,9,12)(H,10,11). The van der Waals surface area contributed by atoms with E-state index in [1.54, 1.807) is 0 Å². The van der Waals surface area contributed by atoms with E-state index in [1.807, 2.05) is 5.48 Å². The number of aliphatic carboxylic acids is 1. The molecule has 1 amide bonds. The lowest BCUT2D eigenvalue weighted by atomic mass is 10.4. The normalized spacial score (nSPS) is 9.54. The largest absolute Gasteiger partial charge is 0.479 e. The Morgan fingerprint density at radius 3 is 3.00 bits per heavy atom. The van der Waals surface area contributed by atoms with Crippen molar-refractivity contribution in [2.45, 2.75) is 0 Å². The summed E-state index contributed by atoms with van der Waals surface area (Å²) in [7, 11) is 0. The Morgan fingerprint density at radius 2 is 2.46 bits per heavy atom. The quantitative estimate of drug-likeness (QED) is 0.530. The van der Waals surface area contributed by atoms with Crippen molar-refractivity contribution in [2.75, 3.05) is 6.61 Å². The molecule has 70 valence electrons. The van der Waals surface area contributed by atoms with Gasteiger partial charge in [-0.05, 0) is 6.07 Å². The number of amides is 1. The van der Waals surface area contributed by atoms with Gasteiger partial charge in [-0.2, -0.15) is 5.10 Å².